The molecule has 17 atom stereocenters. The number of piperidine rings is 1. The normalized spacial score (nSPS) is 39.2. The lowest BCUT2D eigenvalue weighted by Crippen LogP contribution is -2.60. The zero-order valence-electron chi connectivity index (χ0n) is 44.7. The van der Waals surface area contributed by atoms with Gasteiger partial charge in [-0.25, -0.2) is 4.79 Å². The Bertz CT molecular complexity index is 2110. The topological polar surface area (TPSA) is 236 Å². The zero-order chi connectivity index (χ0) is 53.7. The fourth-order valence-electron chi connectivity index (χ4n) is 11.5. The molecule has 0 aromatic heterocycles. The van der Waals surface area contributed by atoms with Crippen molar-refractivity contribution in [2.24, 2.45) is 41.4 Å². The molecule has 3 fully saturated rings. The number of amides is 1. The van der Waals surface area contributed by atoms with Crippen LogP contribution in [0.3, 0.4) is 0 Å². The molecule has 1 aliphatic carbocycles. The van der Waals surface area contributed by atoms with E-state index in [9.17, 15) is 50.0 Å². The van der Waals surface area contributed by atoms with Crippen LogP contribution in [0.2, 0.25) is 0 Å². The van der Waals surface area contributed by atoms with E-state index in [2.05, 4.69) is 0 Å². The summed E-state index contributed by atoms with van der Waals surface area (Å²) in [4.78, 5) is 55.7. The number of aliphatic hydroxyl groups is 5. The summed E-state index contributed by atoms with van der Waals surface area (Å²) in [6.07, 6.45) is 10.9. The van der Waals surface area contributed by atoms with E-state index in [1.165, 1.54) is 24.1 Å². The number of fused-ring (bicyclic) bond motifs is 3. The van der Waals surface area contributed by atoms with Crippen LogP contribution < -0.4 is 0 Å². The third-order valence-electron chi connectivity index (χ3n) is 16.4. The van der Waals surface area contributed by atoms with E-state index >= 15 is 0 Å². The van der Waals surface area contributed by atoms with Gasteiger partial charge in [-0.05, 0) is 132 Å². The molecule has 2 bridgehead atoms. The fourth-order valence-corrected chi connectivity index (χ4v) is 11.5. The van der Waals surface area contributed by atoms with Crippen molar-refractivity contribution in [1.82, 2.24) is 4.90 Å². The van der Waals surface area contributed by atoms with Crippen molar-refractivity contribution in [2.75, 3.05) is 20.8 Å². The molecule has 5 rings (SSSR count). The summed E-state index contributed by atoms with van der Waals surface area (Å²) in [5.41, 5.74) is 2.26. The number of carbonyl (C=O) groups excluding carboxylic acids is 3. The van der Waals surface area contributed by atoms with Gasteiger partial charge in [0.25, 0.3) is 17.4 Å². The molecule has 1 aromatic rings. The Hall–Kier alpha value is -4.13. The maximum Gasteiger partial charge on any atom is 0.329 e. The molecule has 2 saturated heterocycles. The molecule has 0 spiro atoms. The molecule has 16 heteroatoms. The van der Waals surface area contributed by atoms with Crippen LogP contribution in [0.4, 0.5) is 5.69 Å². The minimum absolute atomic E-state index is 0.0108. The molecule has 5 N–H and O–H groups in total. The summed E-state index contributed by atoms with van der Waals surface area (Å²) in [5, 5.41) is 69.2. The molecule has 4 aliphatic rings. The summed E-state index contributed by atoms with van der Waals surface area (Å²) in [5.74, 6) is -7.28. The molecule has 0 radical (unpaired) electrons. The highest BCUT2D eigenvalue weighted by Gasteiger charge is 2.53. The number of hydrogen-bond acceptors (Lipinski definition) is 14. The van der Waals surface area contributed by atoms with Crippen LogP contribution in [0.1, 0.15) is 131 Å². The second-order valence-electron chi connectivity index (χ2n) is 22.1. The van der Waals surface area contributed by atoms with Crippen molar-refractivity contribution in [1.29, 1.82) is 0 Å². The second-order valence-corrected chi connectivity index (χ2v) is 22.1. The highest BCUT2D eigenvalue weighted by atomic mass is 16.6. The number of ketones is 1. The van der Waals surface area contributed by atoms with Gasteiger partial charge in [0.05, 0.1) is 35.4 Å². The predicted molar refractivity (Wildman–Crippen MR) is 277 cm³/mol. The summed E-state index contributed by atoms with van der Waals surface area (Å²) < 4.78 is 24.0. The lowest BCUT2D eigenvalue weighted by Gasteiger charge is -2.43. The van der Waals surface area contributed by atoms with E-state index in [-0.39, 0.29) is 60.8 Å². The molecular formula is C57H86N2O14. The Morgan fingerprint density at radius 3 is 2.23 bits per heavy atom. The molecule has 408 valence electrons. The number of nitrogens with zero attached hydrogens (tertiary/aromatic N) is 2. The van der Waals surface area contributed by atoms with Crippen LogP contribution in [0, 0.1) is 51.5 Å². The number of benzene rings is 1. The number of nitro benzene ring substituents is 1. The number of esters is 1. The molecular weight excluding hydrogens is 937 g/mol. The van der Waals surface area contributed by atoms with Crippen LogP contribution >= 0.6 is 0 Å². The van der Waals surface area contributed by atoms with Crippen molar-refractivity contribution in [2.45, 2.75) is 193 Å². The minimum atomic E-state index is -2.48. The molecule has 1 amide bonds. The number of allylic oxidation sites excluding steroid dienone is 6. The van der Waals surface area contributed by atoms with E-state index in [1.807, 2.05) is 58.1 Å². The number of methoxy groups -OCH3 is 2. The van der Waals surface area contributed by atoms with Gasteiger partial charge in [-0.3, -0.25) is 19.7 Å². The third kappa shape index (κ3) is 16.0. The van der Waals surface area contributed by atoms with Crippen LogP contribution in [-0.4, -0.2) is 134 Å². The first-order valence-corrected chi connectivity index (χ1v) is 26.7. The van der Waals surface area contributed by atoms with Gasteiger partial charge in [0.15, 0.2) is 0 Å². The lowest BCUT2D eigenvalue weighted by molar-refractivity contribution is -0.384. The first-order valence-electron chi connectivity index (χ1n) is 26.7. The van der Waals surface area contributed by atoms with Crippen molar-refractivity contribution < 1.29 is 63.8 Å². The highest BCUT2D eigenvalue weighted by molar-refractivity contribution is 6.39. The van der Waals surface area contributed by atoms with E-state index < -0.39 is 89.0 Å². The molecule has 2 unspecified atom stereocenters. The number of nitro groups is 1. The quantitative estimate of drug-likeness (QED) is 0.0557. The van der Waals surface area contributed by atoms with Crippen LogP contribution in [0.25, 0.3) is 0 Å². The van der Waals surface area contributed by atoms with E-state index in [0.29, 0.717) is 69.8 Å². The number of carbonyl (C=O) groups is 3. The number of ether oxygens (including phenoxy) is 4. The Kier molecular flexibility index (Phi) is 22.6. The summed E-state index contributed by atoms with van der Waals surface area (Å²) >= 11 is 0. The van der Waals surface area contributed by atoms with Gasteiger partial charge in [-0.2, -0.15) is 0 Å². The number of Topliss-reactive ketones (excluding diaryl/α,β-unsaturated/α-hetero) is 1. The van der Waals surface area contributed by atoms with Gasteiger partial charge in [-0.15, -0.1) is 0 Å². The van der Waals surface area contributed by atoms with Gasteiger partial charge < -0.3 is 49.4 Å². The Morgan fingerprint density at radius 1 is 0.849 bits per heavy atom. The zero-order valence-corrected chi connectivity index (χ0v) is 44.7. The number of hydrogen-bond donors (Lipinski definition) is 5. The second kappa shape index (κ2) is 27.6. The highest BCUT2D eigenvalue weighted by Crippen LogP contribution is 2.39. The van der Waals surface area contributed by atoms with Crippen molar-refractivity contribution in [3.8, 4) is 0 Å². The standard InChI is InChI=1S/C57H86N2O14/c1-34-15-11-10-12-16-35(2)43(30-41-19-22-44(23-20-41)59(68)69)32-45-24-18-40(7)57(67,73-45)54(64)55(65)58-26-14-13-17-46(58)56(66)72-49(37(4)29-42-21-25-47(60)50(31-42)70-8)33-48(61)36(3)28-39(6)52(63)53(71-9)51(62)38(5)27-34/h10-12,15-16,19-20,22-23,28,34,36-38,40,42-43,45-53,60-63,67H,13-14,17-18,21,24-27,29-33H2,1-9H3/b12-10+,15-11+,35-16+,39-28+/t34-,36-,37-,38-,40-,42+,43+,45?,46+,47-,48?,49+,50-,51+,52-,53+,57-/m1/s1. The monoisotopic (exact) mass is 1020 g/mol. The molecule has 1 aromatic carbocycles. The van der Waals surface area contributed by atoms with E-state index in [4.69, 9.17) is 18.9 Å². The Labute approximate surface area is 433 Å². The van der Waals surface area contributed by atoms with E-state index in [0.717, 1.165) is 17.6 Å². The molecule has 3 aliphatic heterocycles. The average molecular weight is 1020 g/mol. The van der Waals surface area contributed by atoms with Crippen LogP contribution in [0.5, 0.6) is 0 Å². The maximum absolute atomic E-state index is 14.5. The minimum Gasteiger partial charge on any atom is -0.460 e. The molecule has 3 heterocycles. The van der Waals surface area contributed by atoms with Gasteiger partial charge in [0.1, 0.15) is 24.4 Å². The summed E-state index contributed by atoms with van der Waals surface area (Å²) in [6.45, 7) is 13.1. The van der Waals surface area contributed by atoms with Gasteiger partial charge in [-0.1, -0.05) is 88.8 Å². The van der Waals surface area contributed by atoms with E-state index in [1.54, 1.807) is 46.1 Å². The van der Waals surface area contributed by atoms with Crippen molar-refractivity contribution in [3.63, 3.8) is 0 Å². The van der Waals surface area contributed by atoms with Crippen LogP contribution in [-0.2, 0) is 39.8 Å². The van der Waals surface area contributed by atoms with Crippen molar-refractivity contribution in [3.05, 3.63) is 87.5 Å². The average Bonchev–Trinajstić information content (AvgIpc) is 3.36. The molecule has 16 nitrogen and oxygen atoms in total. The number of non-ortho nitro benzene ring substituents is 1. The lowest BCUT2D eigenvalue weighted by atomic mass is 9.78. The Morgan fingerprint density at radius 2 is 1.56 bits per heavy atom. The Balaban J connectivity index is 1.50. The van der Waals surface area contributed by atoms with Crippen LogP contribution in [0.15, 0.2) is 71.9 Å². The predicted octanol–water partition coefficient (Wildman–Crippen LogP) is 7.52. The number of cyclic esters (lactones) is 1. The summed E-state index contributed by atoms with van der Waals surface area (Å²) in [6, 6.07) is 5.20. The van der Waals surface area contributed by atoms with Gasteiger partial charge in [0, 0.05) is 51.2 Å². The first kappa shape index (κ1) is 59.7. The largest absolute Gasteiger partial charge is 0.460 e. The smallest absolute Gasteiger partial charge is 0.329 e. The summed E-state index contributed by atoms with van der Waals surface area (Å²) in [7, 11) is 3.02. The number of aliphatic hydroxyl groups excluding tert-OH is 4. The first-order chi connectivity index (χ1) is 34.6. The number of rotatable bonds is 8. The fraction of sp³-hybridized carbons (Fsp3) is 0.702. The van der Waals surface area contributed by atoms with Gasteiger partial charge >= 0.3 is 5.97 Å². The SMILES string of the molecule is CO[C@H]1[C@@H](O)[C@H](C)C[C@H](C)/C=C/C=C/C=C(\C)[C@@H](Cc2ccc([N+](=O)[O-])cc2)CC2CC[C@@H](C)[C@@](O)(O2)C(=O)C(=O)N2CCCC[C@H]2C(=O)O[C@H]([C@H](C)C[C@@H]2CC[C@@H](O)[C@H](OC)C2)CC(O)[C@H](C)/C=C(\C)[C@H]1O. The van der Waals surface area contributed by atoms with Crippen molar-refractivity contribution >= 4 is 23.3 Å². The maximum atomic E-state index is 14.5. The molecule has 73 heavy (non-hydrogen) atoms. The molecule has 1 saturated carbocycles. The van der Waals surface area contributed by atoms with Gasteiger partial charge in [0.2, 0.25) is 5.79 Å². The third-order valence-corrected chi connectivity index (χ3v) is 16.4.